The Morgan fingerprint density at radius 2 is 2.18 bits per heavy atom. The number of carbonyl (C=O) groups is 2. The normalized spacial score (nSPS) is 18.3. The first-order valence-electron chi connectivity index (χ1n) is 8.72. The molecule has 6 nitrogen and oxygen atoms in total. The summed E-state index contributed by atoms with van der Waals surface area (Å²) in [6.45, 7) is 1.79. The lowest BCUT2D eigenvalue weighted by Crippen LogP contribution is -2.40. The Morgan fingerprint density at radius 3 is 2.82 bits per heavy atom. The van der Waals surface area contributed by atoms with Gasteiger partial charge in [0.25, 0.3) is 0 Å². The van der Waals surface area contributed by atoms with Gasteiger partial charge in [-0.05, 0) is 24.1 Å². The van der Waals surface area contributed by atoms with E-state index in [1.165, 1.54) is 6.20 Å². The number of aliphatic hydroxyl groups excluding tert-OH is 1. The Balaban J connectivity index is 1.92. The van der Waals surface area contributed by atoms with Gasteiger partial charge in [0, 0.05) is 18.2 Å². The second-order valence-corrected chi connectivity index (χ2v) is 6.91. The van der Waals surface area contributed by atoms with Gasteiger partial charge >= 0.3 is 6.09 Å². The highest BCUT2D eigenvalue weighted by Gasteiger charge is 2.43. The molecule has 0 aliphatic carbocycles. The molecule has 1 aliphatic heterocycles. The molecule has 1 aliphatic rings. The highest BCUT2D eigenvalue weighted by molar-refractivity contribution is 6.30. The molecular formula is C21H19ClN2O4. The number of amides is 2. The number of aromatic nitrogens is 1. The van der Waals surface area contributed by atoms with Crippen LogP contribution in [0.25, 0.3) is 0 Å². The number of cyclic esters (lactones) is 1. The molecule has 1 N–H and O–H groups in total. The van der Waals surface area contributed by atoms with E-state index in [0.29, 0.717) is 16.3 Å². The summed E-state index contributed by atoms with van der Waals surface area (Å²) < 4.78 is 5.11. The van der Waals surface area contributed by atoms with Gasteiger partial charge < -0.3 is 9.84 Å². The number of rotatable bonds is 5. The van der Waals surface area contributed by atoms with Crippen molar-refractivity contribution < 1.29 is 19.4 Å². The van der Waals surface area contributed by atoms with Crippen molar-refractivity contribution in [2.45, 2.75) is 25.5 Å². The van der Waals surface area contributed by atoms with Crippen LogP contribution < -0.4 is 0 Å². The van der Waals surface area contributed by atoms with E-state index >= 15 is 0 Å². The first-order valence-corrected chi connectivity index (χ1v) is 9.10. The van der Waals surface area contributed by atoms with Gasteiger partial charge in [0.1, 0.15) is 17.8 Å². The van der Waals surface area contributed by atoms with E-state index in [1.807, 2.05) is 30.3 Å². The highest BCUT2D eigenvalue weighted by Crippen LogP contribution is 2.34. The zero-order valence-corrected chi connectivity index (χ0v) is 16.0. The number of ether oxygens (including phenoxy) is 1. The molecular weight excluding hydrogens is 380 g/mol. The van der Waals surface area contributed by atoms with Crippen molar-refractivity contribution in [3.05, 3.63) is 64.4 Å². The van der Waals surface area contributed by atoms with Crippen molar-refractivity contribution in [3.63, 3.8) is 0 Å². The highest BCUT2D eigenvalue weighted by atomic mass is 35.5. The summed E-state index contributed by atoms with van der Waals surface area (Å²) in [7, 11) is 0. The number of halogens is 1. The lowest BCUT2D eigenvalue weighted by Gasteiger charge is -2.27. The van der Waals surface area contributed by atoms with E-state index in [4.69, 9.17) is 22.8 Å². The molecule has 0 spiro atoms. The number of terminal acetylenes is 1. The molecule has 3 rings (SSSR count). The first kappa shape index (κ1) is 19.9. The van der Waals surface area contributed by atoms with Gasteiger partial charge in [0.2, 0.25) is 5.91 Å². The Hall–Kier alpha value is -2.88. The third-order valence-corrected chi connectivity index (χ3v) is 5.10. The van der Waals surface area contributed by atoms with Crippen molar-refractivity contribution in [3.8, 4) is 12.3 Å². The molecule has 0 saturated carbocycles. The lowest BCUT2D eigenvalue weighted by atomic mass is 9.91. The van der Waals surface area contributed by atoms with Crippen molar-refractivity contribution in [2.75, 3.05) is 6.61 Å². The predicted octanol–water partition coefficient (Wildman–Crippen LogP) is 3.44. The number of nitrogens with zero attached hydrogens (tertiary/aromatic N) is 2. The van der Waals surface area contributed by atoms with Gasteiger partial charge in [0.05, 0.1) is 12.0 Å². The maximum absolute atomic E-state index is 13.2. The average molecular weight is 399 g/mol. The number of pyridine rings is 1. The Morgan fingerprint density at radius 1 is 1.46 bits per heavy atom. The SMILES string of the molecule is C#CC[C@@H](C(=O)N1C(=O)OC[C@@H]1c1ccccc1)[C@H](O)c1cnc(Cl)c(C)c1. The largest absolute Gasteiger partial charge is 0.446 e. The molecule has 1 saturated heterocycles. The minimum Gasteiger partial charge on any atom is -0.446 e. The number of hydrogen-bond donors (Lipinski definition) is 1. The first-order chi connectivity index (χ1) is 13.4. The van der Waals surface area contributed by atoms with Crippen LogP contribution in [0.15, 0.2) is 42.6 Å². The van der Waals surface area contributed by atoms with Gasteiger partial charge in [-0.25, -0.2) is 14.7 Å². The van der Waals surface area contributed by atoms with Crippen LogP contribution in [-0.4, -0.2) is 33.6 Å². The third kappa shape index (κ3) is 3.86. The molecule has 144 valence electrons. The fourth-order valence-electron chi connectivity index (χ4n) is 3.20. The summed E-state index contributed by atoms with van der Waals surface area (Å²) in [5.74, 6) is 0.800. The van der Waals surface area contributed by atoms with Crippen LogP contribution in [-0.2, 0) is 9.53 Å². The molecule has 1 aromatic heterocycles. The molecule has 0 radical (unpaired) electrons. The van der Waals surface area contributed by atoms with Crippen LogP contribution in [0.4, 0.5) is 4.79 Å². The van der Waals surface area contributed by atoms with Crippen LogP contribution in [0.2, 0.25) is 5.15 Å². The van der Waals surface area contributed by atoms with Gasteiger partial charge in [0.15, 0.2) is 0 Å². The monoisotopic (exact) mass is 398 g/mol. The smallest absolute Gasteiger partial charge is 0.417 e. The summed E-state index contributed by atoms with van der Waals surface area (Å²) in [5.41, 5.74) is 1.83. The quantitative estimate of drug-likeness (QED) is 0.616. The fraction of sp³-hybridized carbons (Fsp3) is 0.286. The minimum absolute atomic E-state index is 0.0486. The van der Waals surface area contributed by atoms with Crippen LogP contribution in [0.1, 0.15) is 35.3 Å². The summed E-state index contributed by atoms with van der Waals surface area (Å²) in [6, 6.07) is 10.2. The van der Waals surface area contributed by atoms with Crippen molar-refractivity contribution >= 4 is 23.6 Å². The Kier molecular flexibility index (Phi) is 5.98. The molecule has 2 heterocycles. The minimum atomic E-state index is -1.24. The van der Waals surface area contributed by atoms with Gasteiger partial charge in [-0.3, -0.25) is 4.79 Å². The summed E-state index contributed by atoms with van der Waals surface area (Å²) >= 11 is 5.94. The standard InChI is InChI=1S/C21H19ClN2O4/c1-3-7-16(18(25)15-10-13(2)19(22)23-11-15)20(26)24-17(12-28-21(24)27)14-8-5-4-6-9-14/h1,4-6,8-11,16-18,25H,7,12H2,2H3/t16-,17-,18-/m1/s1. The Labute approximate surface area is 168 Å². The van der Waals surface area contributed by atoms with Gasteiger partial charge in [-0.15, -0.1) is 12.3 Å². The van der Waals surface area contributed by atoms with Crippen molar-refractivity contribution in [2.24, 2.45) is 5.92 Å². The number of carbonyl (C=O) groups excluding carboxylic acids is 2. The Bertz CT molecular complexity index is 926. The number of imide groups is 1. The van der Waals surface area contributed by atoms with Crippen LogP contribution in [0.5, 0.6) is 0 Å². The maximum atomic E-state index is 13.2. The van der Waals surface area contributed by atoms with Crippen molar-refractivity contribution in [1.29, 1.82) is 0 Å². The molecule has 2 aromatic rings. The van der Waals surface area contributed by atoms with E-state index in [2.05, 4.69) is 10.9 Å². The summed E-state index contributed by atoms with van der Waals surface area (Å²) in [5, 5.41) is 11.1. The second kappa shape index (κ2) is 8.42. The summed E-state index contributed by atoms with van der Waals surface area (Å²) in [4.78, 5) is 30.6. The van der Waals surface area contributed by atoms with Crippen LogP contribution in [0.3, 0.4) is 0 Å². The number of aryl methyl sites for hydroxylation is 1. The summed E-state index contributed by atoms with van der Waals surface area (Å²) in [6.07, 6.45) is 4.79. The number of aliphatic hydroxyl groups is 1. The molecule has 0 unspecified atom stereocenters. The molecule has 0 bridgehead atoms. The zero-order valence-electron chi connectivity index (χ0n) is 15.2. The third-order valence-electron chi connectivity index (χ3n) is 4.71. The van der Waals surface area contributed by atoms with E-state index < -0.39 is 30.1 Å². The molecule has 28 heavy (non-hydrogen) atoms. The van der Waals surface area contributed by atoms with Gasteiger partial charge in [-0.1, -0.05) is 41.9 Å². The maximum Gasteiger partial charge on any atom is 0.417 e. The molecule has 1 aromatic carbocycles. The fourth-order valence-corrected chi connectivity index (χ4v) is 3.30. The van der Waals surface area contributed by atoms with Crippen LogP contribution in [0, 0.1) is 25.2 Å². The van der Waals surface area contributed by atoms with E-state index in [1.54, 1.807) is 13.0 Å². The van der Waals surface area contributed by atoms with Crippen LogP contribution >= 0.6 is 11.6 Å². The van der Waals surface area contributed by atoms with E-state index in [-0.39, 0.29) is 13.0 Å². The zero-order chi connectivity index (χ0) is 20.3. The second-order valence-electron chi connectivity index (χ2n) is 6.55. The molecule has 2 amide bonds. The molecule has 7 heteroatoms. The van der Waals surface area contributed by atoms with Gasteiger partial charge in [-0.2, -0.15) is 0 Å². The molecule has 3 atom stereocenters. The van der Waals surface area contributed by atoms with E-state index in [0.717, 1.165) is 10.5 Å². The van der Waals surface area contributed by atoms with Crippen molar-refractivity contribution in [1.82, 2.24) is 9.88 Å². The lowest BCUT2D eigenvalue weighted by molar-refractivity contribution is -0.137. The average Bonchev–Trinajstić information content (AvgIpc) is 3.09. The molecule has 1 fully saturated rings. The topological polar surface area (TPSA) is 79.7 Å². The predicted molar refractivity (Wildman–Crippen MR) is 103 cm³/mol. The number of hydrogen-bond acceptors (Lipinski definition) is 5. The van der Waals surface area contributed by atoms with E-state index in [9.17, 15) is 14.7 Å². The number of benzene rings is 1.